The van der Waals surface area contributed by atoms with Crippen LogP contribution in [0.3, 0.4) is 0 Å². The Morgan fingerprint density at radius 2 is 1.85 bits per heavy atom. The van der Waals surface area contributed by atoms with Crippen molar-refractivity contribution in [2.75, 3.05) is 20.3 Å². The molecule has 1 aromatic rings. The molecule has 20 heavy (non-hydrogen) atoms. The lowest BCUT2D eigenvalue weighted by atomic mass is 9.84. The van der Waals surface area contributed by atoms with Crippen molar-refractivity contribution in [3.8, 4) is 0 Å². The highest BCUT2D eigenvalue weighted by Crippen LogP contribution is 2.36. The van der Waals surface area contributed by atoms with Crippen LogP contribution in [0.1, 0.15) is 28.8 Å². The number of carbonyl (C=O) groups is 1. The normalized spacial score (nSPS) is 18.8. The lowest BCUT2D eigenvalue weighted by Gasteiger charge is -2.34. The Morgan fingerprint density at radius 3 is 2.40 bits per heavy atom. The van der Waals surface area contributed by atoms with Crippen LogP contribution >= 0.6 is 0 Å². The maximum absolute atomic E-state index is 13.0. The van der Waals surface area contributed by atoms with Crippen molar-refractivity contribution in [3.63, 3.8) is 0 Å². The van der Waals surface area contributed by atoms with Gasteiger partial charge in [-0.25, -0.2) is 0 Å². The molecule has 0 spiro atoms. The molecule has 0 atom stereocenters. The number of hydrogen-bond donors (Lipinski definition) is 0. The summed E-state index contributed by atoms with van der Waals surface area (Å²) < 4.78 is 49.4. The fourth-order valence-corrected chi connectivity index (χ4v) is 2.40. The number of ether oxygens (including phenoxy) is 2. The Labute approximate surface area is 114 Å². The van der Waals surface area contributed by atoms with E-state index in [1.165, 1.54) is 25.3 Å². The molecule has 0 unspecified atom stereocenters. The van der Waals surface area contributed by atoms with Crippen molar-refractivity contribution < 1.29 is 27.4 Å². The lowest BCUT2D eigenvalue weighted by molar-refractivity contribution is -0.138. The first-order valence-electron chi connectivity index (χ1n) is 6.25. The summed E-state index contributed by atoms with van der Waals surface area (Å²) in [4.78, 5) is 12.5. The van der Waals surface area contributed by atoms with E-state index in [1.54, 1.807) is 0 Å². The summed E-state index contributed by atoms with van der Waals surface area (Å²) in [5.41, 5.74) is -2.49. The second-order valence-electron chi connectivity index (χ2n) is 4.68. The van der Waals surface area contributed by atoms with E-state index in [1.807, 2.05) is 0 Å². The number of Topliss-reactive ketones (excluding diaryl/α,β-unsaturated/α-hetero) is 1. The van der Waals surface area contributed by atoms with Crippen LogP contribution in [0.25, 0.3) is 0 Å². The summed E-state index contributed by atoms with van der Waals surface area (Å²) in [5.74, 6) is -0.628. The molecule has 2 rings (SSSR count). The maximum Gasteiger partial charge on any atom is 0.417 e. The van der Waals surface area contributed by atoms with Crippen LogP contribution in [0, 0.1) is 0 Å². The van der Waals surface area contributed by atoms with E-state index in [4.69, 9.17) is 9.47 Å². The second kappa shape index (κ2) is 5.54. The average molecular weight is 288 g/mol. The molecule has 0 aromatic heterocycles. The monoisotopic (exact) mass is 288 g/mol. The number of carbonyl (C=O) groups excluding carboxylic acids is 1. The molecule has 0 saturated carbocycles. The molecule has 6 heteroatoms. The molecular weight excluding hydrogens is 273 g/mol. The number of hydrogen-bond acceptors (Lipinski definition) is 3. The predicted molar refractivity (Wildman–Crippen MR) is 65.6 cm³/mol. The third kappa shape index (κ3) is 2.71. The van der Waals surface area contributed by atoms with Crippen molar-refractivity contribution in [2.45, 2.75) is 24.6 Å². The number of ketones is 1. The highest BCUT2D eigenvalue weighted by Gasteiger charge is 2.44. The van der Waals surface area contributed by atoms with Crippen LogP contribution in [0.5, 0.6) is 0 Å². The van der Waals surface area contributed by atoms with Crippen LogP contribution in [0.15, 0.2) is 24.3 Å². The highest BCUT2D eigenvalue weighted by atomic mass is 19.4. The van der Waals surface area contributed by atoms with Gasteiger partial charge in [0.15, 0.2) is 5.78 Å². The van der Waals surface area contributed by atoms with Crippen LogP contribution in [0.2, 0.25) is 0 Å². The van der Waals surface area contributed by atoms with Gasteiger partial charge in [0.25, 0.3) is 0 Å². The fraction of sp³-hybridized carbons (Fsp3) is 0.500. The zero-order valence-electron chi connectivity index (χ0n) is 11.0. The topological polar surface area (TPSA) is 35.5 Å². The molecule has 0 aliphatic carbocycles. The van der Waals surface area contributed by atoms with E-state index >= 15 is 0 Å². The van der Waals surface area contributed by atoms with Crippen LogP contribution in [-0.2, 0) is 15.7 Å². The Balaban J connectivity index is 2.43. The van der Waals surface area contributed by atoms with Crippen molar-refractivity contribution in [2.24, 2.45) is 0 Å². The molecule has 1 heterocycles. The Bertz CT molecular complexity index is 491. The summed E-state index contributed by atoms with van der Waals surface area (Å²) in [6.45, 7) is 0.599. The Kier molecular flexibility index (Phi) is 4.15. The summed E-state index contributed by atoms with van der Waals surface area (Å²) in [6, 6.07) is 4.80. The van der Waals surface area contributed by atoms with Gasteiger partial charge >= 0.3 is 6.18 Å². The number of methoxy groups -OCH3 is 1. The van der Waals surface area contributed by atoms with Gasteiger partial charge in [0.05, 0.1) is 5.56 Å². The molecule has 0 amide bonds. The largest absolute Gasteiger partial charge is 0.417 e. The van der Waals surface area contributed by atoms with Crippen molar-refractivity contribution in [1.29, 1.82) is 0 Å². The first-order valence-corrected chi connectivity index (χ1v) is 6.25. The molecule has 0 radical (unpaired) electrons. The minimum atomic E-state index is -4.56. The van der Waals surface area contributed by atoms with Crippen LogP contribution < -0.4 is 0 Å². The van der Waals surface area contributed by atoms with E-state index in [0.29, 0.717) is 13.2 Å². The Hall–Kier alpha value is -1.40. The SMILES string of the molecule is COC1(C(=O)c2ccccc2C(F)(F)F)CCOCC1. The van der Waals surface area contributed by atoms with Gasteiger partial charge in [0.1, 0.15) is 5.60 Å². The van der Waals surface area contributed by atoms with Gasteiger partial charge in [-0.3, -0.25) is 4.79 Å². The number of benzene rings is 1. The first kappa shape index (κ1) is 15.0. The molecule has 1 aromatic carbocycles. The molecule has 1 fully saturated rings. The van der Waals surface area contributed by atoms with Gasteiger partial charge in [-0.05, 0) is 6.07 Å². The van der Waals surface area contributed by atoms with E-state index < -0.39 is 23.1 Å². The van der Waals surface area contributed by atoms with Crippen LogP contribution in [0.4, 0.5) is 13.2 Å². The molecule has 0 bridgehead atoms. The van der Waals surface area contributed by atoms with Crippen LogP contribution in [-0.4, -0.2) is 31.7 Å². The van der Waals surface area contributed by atoms with Crippen molar-refractivity contribution >= 4 is 5.78 Å². The Morgan fingerprint density at radius 1 is 1.25 bits per heavy atom. The minimum Gasteiger partial charge on any atom is -0.381 e. The van der Waals surface area contributed by atoms with E-state index in [0.717, 1.165) is 6.07 Å². The smallest absolute Gasteiger partial charge is 0.381 e. The molecule has 1 saturated heterocycles. The fourth-order valence-electron chi connectivity index (χ4n) is 2.40. The highest BCUT2D eigenvalue weighted by molar-refractivity contribution is 6.03. The third-order valence-electron chi connectivity index (χ3n) is 3.58. The number of alkyl halides is 3. The second-order valence-corrected chi connectivity index (χ2v) is 4.68. The molecule has 110 valence electrons. The third-order valence-corrected chi connectivity index (χ3v) is 3.58. The summed E-state index contributed by atoms with van der Waals surface area (Å²) in [7, 11) is 1.35. The summed E-state index contributed by atoms with van der Waals surface area (Å²) in [5, 5.41) is 0. The van der Waals surface area contributed by atoms with Crippen molar-refractivity contribution in [1.82, 2.24) is 0 Å². The van der Waals surface area contributed by atoms with E-state index in [2.05, 4.69) is 0 Å². The van der Waals surface area contributed by atoms with E-state index in [9.17, 15) is 18.0 Å². The molecular formula is C14H15F3O3. The zero-order valence-corrected chi connectivity index (χ0v) is 11.0. The number of rotatable bonds is 3. The molecule has 0 N–H and O–H groups in total. The predicted octanol–water partition coefficient (Wildman–Crippen LogP) is 3.08. The zero-order chi connectivity index (χ0) is 14.8. The first-order chi connectivity index (χ1) is 9.41. The van der Waals surface area contributed by atoms with E-state index in [-0.39, 0.29) is 18.4 Å². The van der Waals surface area contributed by atoms with Gasteiger partial charge in [-0.1, -0.05) is 18.2 Å². The number of halogens is 3. The average Bonchev–Trinajstić information content (AvgIpc) is 2.46. The standard InChI is InChI=1S/C14H15F3O3/c1-19-13(6-8-20-9-7-13)12(18)10-4-2-3-5-11(10)14(15,16)17/h2-5H,6-9H2,1H3. The van der Waals surface area contributed by atoms with Gasteiger partial charge in [-0.2, -0.15) is 13.2 Å². The lowest BCUT2D eigenvalue weighted by Crippen LogP contribution is -2.46. The molecule has 1 aliphatic rings. The summed E-state index contributed by atoms with van der Waals surface area (Å²) in [6.07, 6.45) is -4.05. The van der Waals surface area contributed by atoms with Gasteiger partial charge in [0, 0.05) is 38.7 Å². The quantitative estimate of drug-likeness (QED) is 0.802. The maximum atomic E-state index is 13.0. The van der Waals surface area contributed by atoms with Gasteiger partial charge < -0.3 is 9.47 Å². The van der Waals surface area contributed by atoms with Gasteiger partial charge in [0.2, 0.25) is 0 Å². The minimum absolute atomic E-state index is 0.258. The summed E-state index contributed by atoms with van der Waals surface area (Å²) >= 11 is 0. The van der Waals surface area contributed by atoms with Crippen molar-refractivity contribution in [3.05, 3.63) is 35.4 Å². The molecule has 1 aliphatic heterocycles. The van der Waals surface area contributed by atoms with Gasteiger partial charge in [-0.15, -0.1) is 0 Å². The molecule has 3 nitrogen and oxygen atoms in total.